The summed E-state index contributed by atoms with van der Waals surface area (Å²) in [6.07, 6.45) is 3.13. The highest BCUT2D eigenvalue weighted by molar-refractivity contribution is 5.84. The van der Waals surface area contributed by atoms with Crippen LogP contribution in [0.5, 0.6) is 0 Å². The van der Waals surface area contributed by atoms with Gasteiger partial charge in [0.05, 0.1) is 24.7 Å². The molecular formula is C12H15N5O2. The highest BCUT2D eigenvalue weighted by Crippen LogP contribution is 2.11. The van der Waals surface area contributed by atoms with Crippen molar-refractivity contribution in [2.45, 2.75) is 13.0 Å². The summed E-state index contributed by atoms with van der Waals surface area (Å²) in [5.41, 5.74) is 1.66. The van der Waals surface area contributed by atoms with E-state index in [-0.39, 0.29) is 11.9 Å². The molecule has 0 aliphatic rings. The standard InChI is InChI=1S/C12H15N5O2/c1-8(13-2)10-5-4-9(6-14-10)17-7-15-11(16-17)12(18)19-3/h4-8,13H,1-3H3. The summed E-state index contributed by atoms with van der Waals surface area (Å²) in [5, 5.41) is 7.13. The predicted molar refractivity (Wildman–Crippen MR) is 68.0 cm³/mol. The lowest BCUT2D eigenvalue weighted by molar-refractivity contribution is 0.0587. The molecule has 0 saturated carbocycles. The van der Waals surface area contributed by atoms with Gasteiger partial charge in [-0.05, 0) is 26.1 Å². The van der Waals surface area contributed by atoms with E-state index >= 15 is 0 Å². The zero-order valence-corrected chi connectivity index (χ0v) is 11.0. The van der Waals surface area contributed by atoms with Gasteiger partial charge in [0.15, 0.2) is 0 Å². The fourth-order valence-electron chi connectivity index (χ4n) is 1.51. The van der Waals surface area contributed by atoms with E-state index in [0.29, 0.717) is 0 Å². The number of ether oxygens (including phenoxy) is 1. The van der Waals surface area contributed by atoms with Crippen LogP contribution < -0.4 is 5.32 Å². The van der Waals surface area contributed by atoms with Gasteiger partial charge in [-0.25, -0.2) is 14.5 Å². The van der Waals surface area contributed by atoms with Crippen LogP contribution in [0.3, 0.4) is 0 Å². The van der Waals surface area contributed by atoms with E-state index in [1.807, 2.05) is 26.1 Å². The maximum Gasteiger partial charge on any atom is 0.377 e. The van der Waals surface area contributed by atoms with Gasteiger partial charge < -0.3 is 10.1 Å². The van der Waals surface area contributed by atoms with E-state index in [2.05, 4.69) is 25.1 Å². The molecule has 1 N–H and O–H groups in total. The summed E-state index contributed by atoms with van der Waals surface area (Å²) in [6.45, 7) is 2.02. The Labute approximate surface area is 110 Å². The number of carbonyl (C=O) groups excluding carboxylic acids is 1. The van der Waals surface area contributed by atoms with Gasteiger partial charge in [0.25, 0.3) is 5.82 Å². The second-order valence-corrected chi connectivity index (χ2v) is 3.96. The maximum atomic E-state index is 11.3. The van der Waals surface area contributed by atoms with Crippen molar-refractivity contribution in [2.75, 3.05) is 14.2 Å². The quantitative estimate of drug-likeness (QED) is 0.817. The van der Waals surface area contributed by atoms with Crippen LogP contribution in [0, 0.1) is 0 Å². The highest BCUT2D eigenvalue weighted by atomic mass is 16.5. The van der Waals surface area contributed by atoms with Crippen LogP contribution in [-0.2, 0) is 4.74 Å². The van der Waals surface area contributed by atoms with Crippen molar-refractivity contribution < 1.29 is 9.53 Å². The first-order chi connectivity index (χ1) is 9.15. The summed E-state index contributed by atoms with van der Waals surface area (Å²) in [4.78, 5) is 19.5. The number of pyridine rings is 1. The number of nitrogens with zero attached hydrogens (tertiary/aromatic N) is 4. The molecule has 0 radical (unpaired) electrons. The van der Waals surface area contributed by atoms with E-state index in [0.717, 1.165) is 11.4 Å². The molecule has 0 aromatic carbocycles. The molecule has 7 nitrogen and oxygen atoms in total. The maximum absolute atomic E-state index is 11.3. The first kappa shape index (κ1) is 13.2. The number of hydrogen-bond acceptors (Lipinski definition) is 6. The summed E-state index contributed by atoms with van der Waals surface area (Å²) in [6, 6.07) is 3.94. The monoisotopic (exact) mass is 261 g/mol. The number of methoxy groups -OCH3 is 1. The van der Waals surface area contributed by atoms with Gasteiger partial charge in [-0.3, -0.25) is 4.98 Å². The third kappa shape index (κ3) is 2.76. The van der Waals surface area contributed by atoms with Crippen molar-refractivity contribution in [3.05, 3.63) is 36.2 Å². The van der Waals surface area contributed by atoms with Crippen LogP contribution in [-0.4, -0.2) is 39.9 Å². The average Bonchev–Trinajstić information content (AvgIpc) is 2.95. The summed E-state index contributed by atoms with van der Waals surface area (Å²) >= 11 is 0. The molecule has 2 rings (SSSR count). The molecule has 0 bridgehead atoms. The Morgan fingerprint density at radius 2 is 2.21 bits per heavy atom. The van der Waals surface area contributed by atoms with E-state index < -0.39 is 5.97 Å². The molecule has 19 heavy (non-hydrogen) atoms. The number of hydrogen-bond donors (Lipinski definition) is 1. The Kier molecular flexibility index (Phi) is 3.86. The molecule has 100 valence electrons. The Morgan fingerprint density at radius 3 is 2.79 bits per heavy atom. The fourth-order valence-corrected chi connectivity index (χ4v) is 1.51. The van der Waals surface area contributed by atoms with Crippen LogP contribution in [0.15, 0.2) is 24.7 Å². The normalized spacial score (nSPS) is 12.2. The molecule has 0 aliphatic heterocycles. The van der Waals surface area contributed by atoms with Crippen LogP contribution in [0.4, 0.5) is 0 Å². The number of esters is 1. The van der Waals surface area contributed by atoms with Crippen LogP contribution in [0.25, 0.3) is 5.69 Å². The van der Waals surface area contributed by atoms with Crippen LogP contribution >= 0.6 is 0 Å². The largest absolute Gasteiger partial charge is 0.463 e. The lowest BCUT2D eigenvalue weighted by Crippen LogP contribution is -2.13. The minimum atomic E-state index is -0.563. The number of rotatable bonds is 4. The molecule has 1 atom stereocenters. The Hall–Kier alpha value is -2.28. The van der Waals surface area contributed by atoms with Crippen LogP contribution in [0.2, 0.25) is 0 Å². The molecule has 2 aromatic rings. The smallest absolute Gasteiger partial charge is 0.377 e. The molecule has 2 aromatic heterocycles. The second-order valence-electron chi connectivity index (χ2n) is 3.96. The fraction of sp³-hybridized carbons (Fsp3) is 0.333. The van der Waals surface area contributed by atoms with Gasteiger partial charge in [-0.1, -0.05) is 0 Å². The molecule has 1 unspecified atom stereocenters. The van der Waals surface area contributed by atoms with Crippen molar-refractivity contribution in [1.29, 1.82) is 0 Å². The Balaban J connectivity index is 2.22. The lowest BCUT2D eigenvalue weighted by Gasteiger charge is -2.09. The Morgan fingerprint density at radius 1 is 1.42 bits per heavy atom. The minimum absolute atomic E-state index is 0.0233. The third-order valence-electron chi connectivity index (χ3n) is 2.77. The molecule has 0 aliphatic carbocycles. The zero-order chi connectivity index (χ0) is 13.8. The third-order valence-corrected chi connectivity index (χ3v) is 2.77. The first-order valence-electron chi connectivity index (χ1n) is 5.79. The summed E-state index contributed by atoms with van der Waals surface area (Å²) < 4.78 is 6.03. The summed E-state index contributed by atoms with van der Waals surface area (Å²) in [7, 11) is 3.17. The van der Waals surface area contributed by atoms with E-state index in [1.54, 1.807) is 6.20 Å². The lowest BCUT2D eigenvalue weighted by atomic mass is 10.2. The Bertz CT molecular complexity index is 564. The van der Waals surface area contributed by atoms with Gasteiger partial charge in [0, 0.05) is 6.04 Å². The minimum Gasteiger partial charge on any atom is -0.463 e. The number of nitrogens with one attached hydrogen (secondary N) is 1. The predicted octanol–water partition coefficient (Wildman–Crippen LogP) is 0.729. The highest BCUT2D eigenvalue weighted by Gasteiger charge is 2.12. The van der Waals surface area contributed by atoms with Crippen molar-refractivity contribution in [2.24, 2.45) is 0 Å². The average molecular weight is 261 g/mol. The van der Waals surface area contributed by atoms with Gasteiger partial charge in [0.1, 0.15) is 6.33 Å². The molecule has 7 heteroatoms. The number of aromatic nitrogens is 4. The van der Waals surface area contributed by atoms with Gasteiger partial charge >= 0.3 is 5.97 Å². The molecule has 0 saturated heterocycles. The van der Waals surface area contributed by atoms with E-state index in [4.69, 9.17) is 0 Å². The molecule has 0 spiro atoms. The SMILES string of the molecule is CNC(C)c1ccc(-n2cnc(C(=O)OC)n2)cn1. The van der Waals surface area contributed by atoms with Crippen molar-refractivity contribution in [3.63, 3.8) is 0 Å². The van der Waals surface area contributed by atoms with E-state index in [9.17, 15) is 4.79 Å². The van der Waals surface area contributed by atoms with Gasteiger partial charge in [-0.15, -0.1) is 5.10 Å². The van der Waals surface area contributed by atoms with E-state index in [1.165, 1.54) is 18.1 Å². The first-order valence-corrected chi connectivity index (χ1v) is 5.79. The number of carbonyl (C=O) groups is 1. The van der Waals surface area contributed by atoms with Gasteiger partial charge in [-0.2, -0.15) is 0 Å². The van der Waals surface area contributed by atoms with Crippen molar-refractivity contribution in [3.8, 4) is 5.69 Å². The van der Waals surface area contributed by atoms with Crippen LogP contribution in [0.1, 0.15) is 29.3 Å². The topological polar surface area (TPSA) is 81.9 Å². The van der Waals surface area contributed by atoms with Crippen molar-refractivity contribution >= 4 is 5.97 Å². The molecule has 0 fully saturated rings. The van der Waals surface area contributed by atoms with Crippen molar-refractivity contribution in [1.82, 2.24) is 25.1 Å². The molecule has 0 amide bonds. The summed E-state index contributed by atoms with van der Waals surface area (Å²) in [5.74, 6) is -0.540. The molecule has 2 heterocycles. The van der Waals surface area contributed by atoms with Gasteiger partial charge in [0.2, 0.25) is 0 Å². The second kappa shape index (κ2) is 5.57. The zero-order valence-electron chi connectivity index (χ0n) is 11.0. The molecular weight excluding hydrogens is 246 g/mol.